The van der Waals surface area contributed by atoms with E-state index in [0.717, 1.165) is 50.1 Å². The second-order valence-electron chi connectivity index (χ2n) is 18.3. The van der Waals surface area contributed by atoms with Gasteiger partial charge in [0.05, 0.1) is 5.41 Å². The highest BCUT2D eigenvalue weighted by Gasteiger charge is 2.51. The molecule has 0 fully saturated rings. The van der Waals surface area contributed by atoms with Crippen LogP contribution in [0.25, 0.3) is 98.4 Å². The molecule has 13 aromatic rings. The number of para-hydroxylation sites is 1. The lowest BCUT2D eigenvalue weighted by molar-refractivity contribution is 0.670. The van der Waals surface area contributed by atoms with Gasteiger partial charge in [-0.05, 0) is 148 Å². The normalized spacial score (nSPS) is 13.2. The molecule has 0 N–H and O–H groups in total. The van der Waals surface area contributed by atoms with E-state index in [1.807, 2.05) is 0 Å². The predicted molar refractivity (Wildman–Crippen MR) is 280 cm³/mol. The summed E-state index contributed by atoms with van der Waals surface area (Å²) in [7, 11) is 0. The van der Waals surface area contributed by atoms with Gasteiger partial charge in [0.2, 0.25) is 0 Å². The van der Waals surface area contributed by atoms with Gasteiger partial charge in [-0.1, -0.05) is 182 Å². The number of furan rings is 1. The van der Waals surface area contributed by atoms with Crippen LogP contribution in [0.3, 0.4) is 0 Å². The molecule has 67 heavy (non-hydrogen) atoms. The van der Waals surface area contributed by atoms with Crippen molar-refractivity contribution in [3.05, 3.63) is 259 Å². The number of nitrogens with zero attached hydrogens (tertiary/aromatic N) is 1. The number of hydrogen-bond donors (Lipinski definition) is 0. The molecule has 0 aliphatic heterocycles. The molecule has 1 heterocycles. The summed E-state index contributed by atoms with van der Waals surface area (Å²) in [5.41, 5.74) is 17.4. The molecule has 2 aliphatic carbocycles. The van der Waals surface area contributed by atoms with E-state index in [1.54, 1.807) is 0 Å². The van der Waals surface area contributed by atoms with Crippen molar-refractivity contribution in [1.29, 1.82) is 0 Å². The predicted octanol–water partition coefficient (Wildman–Crippen LogP) is 17.7. The Morgan fingerprint density at radius 3 is 1.46 bits per heavy atom. The Morgan fingerprint density at radius 2 is 0.806 bits per heavy atom. The van der Waals surface area contributed by atoms with Crippen molar-refractivity contribution < 1.29 is 4.42 Å². The number of fused-ring (bicyclic) bond motifs is 20. The van der Waals surface area contributed by atoms with E-state index in [9.17, 15) is 0 Å². The molecule has 2 heteroatoms. The van der Waals surface area contributed by atoms with E-state index < -0.39 is 5.41 Å². The molecule has 0 radical (unpaired) electrons. The molecule has 15 rings (SSSR count). The summed E-state index contributed by atoms with van der Waals surface area (Å²) in [5.74, 6) is 0. The van der Waals surface area contributed by atoms with E-state index >= 15 is 0 Å². The Bertz CT molecular complexity index is 4140. The van der Waals surface area contributed by atoms with Gasteiger partial charge in [-0.25, -0.2) is 0 Å². The maximum absolute atomic E-state index is 7.07. The summed E-state index contributed by atoms with van der Waals surface area (Å²) in [5, 5.41) is 12.1. The number of benzene rings is 12. The van der Waals surface area contributed by atoms with Crippen molar-refractivity contribution in [2.45, 2.75) is 5.41 Å². The van der Waals surface area contributed by atoms with Crippen molar-refractivity contribution in [2.75, 3.05) is 4.90 Å². The molecule has 0 saturated carbocycles. The quantitative estimate of drug-likeness (QED) is 0.164. The van der Waals surface area contributed by atoms with E-state index in [1.165, 1.54) is 87.6 Å². The highest BCUT2D eigenvalue weighted by molar-refractivity contribution is 6.27. The molecule has 2 nitrogen and oxygen atoms in total. The summed E-state index contributed by atoms with van der Waals surface area (Å²) in [6, 6.07) is 87.4. The number of rotatable bonds is 4. The minimum absolute atomic E-state index is 0.443. The van der Waals surface area contributed by atoms with Gasteiger partial charge in [-0.3, -0.25) is 0 Å². The Balaban J connectivity index is 0.955. The zero-order valence-corrected chi connectivity index (χ0v) is 36.4. The molecule has 0 bridgehead atoms. The first-order chi connectivity index (χ1) is 33.2. The van der Waals surface area contributed by atoms with E-state index in [-0.39, 0.29) is 0 Å². The van der Waals surface area contributed by atoms with Crippen LogP contribution in [-0.4, -0.2) is 0 Å². The number of hydrogen-bond acceptors (Lipinski definition) is 2. The monoisotopic (exact) mass is 849 g/mol. The van der Waals surface area contributed by atoms with Crippen molar-refractivity contribution in [2.24, 2.45) is 0 Å². The second-order valence-corrected chi connectivity index (χ2v) is 18.3. The van der Waals surface area contributed by atoms with Gasteiger partial charge in [-0.15, -0.1) is 0 Å². The average Bonchev–Trinajstić information content (AvgIpc) is 4.02. The van der Waals surface area contributed by atoms with Gasteiger partial charge in [0, 0.05) is 33.4 Å². The summed E-state index contributed by atoms with van der Waals surface area (Å²) in [6.45, 7) is 0. The summed E-state index contributed by atoms with van der Waals surface area (Å²) in [6.07, 6.45) is 0. The smallest absolute Gasteiger partial charge is 0.143 e. The Hall–Kier alpha value is -8.72. The molecule has 2 aliphatic rings. The Morgan fingerprint density at radius 1 is 0.299 bits per heavy atom. The highest BCUT2D eigenvalue weighted by Crippen LogP contribution is 2.63. The summed E-state index contributed by atoms with van der Waals surface area (Å²) in [4.78, 5) is 2.42. The summed E-state index contributed by atoms with van der Waals surface area (Å²) >= 11 is 0. The average molecular weight is 850 g/mol. The fraction of sp³-hybridized carbons (Fsp3) is 0.0154. The van der Waals surface area contributed by atoms with Crippen molar-refractivity contribution in [3.8, 4) is 33.4 Å². The third kappa shape index (κ3) is 4.94. The van der Waals surface area contributed by atoms with Crippen LogP contribution >= 0.6 is 0 Å². The van der Waals surface area contributed by atoms with Crippen LogP contribution in [0.4, 0.5) is 17.1 Å². The molecular weight excluding hydrogens is 811 g/mol. The fourth-order valence-electron chi connectivity index (χ4n) is 12.3. The van der Waals surface area contributed by atoms with Crippen molar-refractivity contribution in [1.82, 2.24) is 0 Å². The second kappa shape index (κ2) is 13.7. The zero-order chi connectivity index (χ0) is 43.8. The maximum atomic E-state index is 7.07. The molecule has 0 unspecified atom stereocenters. The minimum atomic E-state index is -0.443. The first-order valence-corrected chi connectivity index (χ1v) is 23.2. The SMILES string of the molecule is c1ccc(N(c2ccc3c(c2)C2(c4ccccc4-c4ccccc42)c2ccccc2-3)c2ccc3oc4c(-c5ccc6c7ccccc7c7ccccc7c6c5)c5ccccc5cc4c3c2)cc1. The van der Waals surface area contributed by atoms with E-state index in [2.05, 4.69) is 241 Å². The molecule has 0 saturated heterocycles. The fourth-order valence-corrected chi connectivity index (χ4v) is 12.3. The van der Waals surface area contributed by atoms with Gasteiger partial charge in [0.15, 0.2) is 0 Å². The van der Waals surface area contributed by atoms with Crippen molar-refractivity contribution >= 4 is 82.1 Å². The number of anilines is 3. The Kier molecular flexibility index (Phi) is 7.46. The van der Waals surface area contributed by atoms with Crippen LogP contribution in [0, 0.1) is 0 Å². The van der Waals surface area contributed by atoms with Crippen LogP contribution in [-0.2, 0) is 5.41 Å². The largest absolute Gasteiger partial charge is 0.455 e. The lowest BCUT2D eigenvalue weighted by atomic mass is 9.70. The lowest BCUT2D eigenvalue weighted by Crippen LogP contribution is -2.26. The van der Waals surface area contributed by atoms with Crippen LogP contribution in [0.5, 0.6) is 0 Å². The minimum Gasteiger partial charge on any atom is -0.455 e. The van der Waals surface area contributed by atoms with Gasteiger partial charge in [0.1, 0.15) is 11.2 Å². The van der Waals surface area contributed by atoms with Crippen LogP contribution < -0.4 is 4.90 Å². The van der Waals surface area contributed by atoms with Gasteiger partial charge in [0.25, 0.3) is 0 Å². The van der Waals surface area contributed by atoms with E-state index in [4.69, 9.17) is 4.42 Å². The highest BCUT2D eigenvalue weighted by atomic mass is 16.3. The first kappa shape index (κ1) is 36.6. The van der Waals surface area contributed by atoms with Crippen LogP contribution in [0.1, 0.15) is 22.3 Å². The molecule has 12 aromatic carbocycles. The molecular formula is C65H39NO. The third-order valence-electron chi connectivity index (χ3n) is 15.0. The van der Waals surface area contributed by atoms with Crippen LogP contribution in [0.2, 0.25) is 0 Å². The van der Waals surface area contributed by atoms with Gasteiger partial charge < -0.3 is 9.32 Å². The van der Waals surface area contributed by atoms with Gasteiger partial charge in [-0.2, -0.15) is 0 Å². The zero-order valence-electron chi connectivity index (χ0n) is 36.4. The molecule has 310 valence electrons. The van der Waals surface area contributed by atoms with Crippen molar-refractivity contribution in [3.63, 3.8) is 0 Å². The Labute approximate surface area is 387 Å². The van der Waals surface area contributed by atoms with Gasteiger partial charge >= 0.3 is 0 Å². The first-order valence-electron chi connectivity index (χ1n) is 23.2. The molecule has 1 aromatic heterocycles. The summed E-state index contributed by atoms with van der Waals surface area (Å²) < 4.78 is 7.07. The standard InChI is InChI=1S/C65H39NO/c1-2-17-42(18-3-1)66(44-31-34-54-53-26-12-15-29-60(53)65(61(54)39-44)58-27-13-10-24-51(58)52-25-11-14-28-59(52)65)43-32-35-62-56(38-43)57-36-40-16-4-5-19-45(40)63(64(57)67-62)41-30-33-50-48-22-7-6-20-46(48)47-21-8-9-23-49(47)55(50)37-41/h1-39H. The molecule has 0 amide bonds. The topological polar surface area (TPSA) is 16.4 Å². The molecule has 0 atom stereocenters. The molecule has 1 spiro atoms. The van der Waals surface area contributed by atoms with E-state index in [0.29, 0.717) is 0 Å². The third-order valence-corrected chi connectivity index (χ3v) is 15.0. The van der Waals surface area contributed by atoms with Crippen LogP contribution in [0.15, 0.2) is 241 Å². The lowest BCUT2D eigenvalue weighted by Gasteiger charge is -2.32. The maximum Gasteiger partial charge on any atom is 0.143 e.